The number of benzene rings is 2. The molecule has 50 heavy (non-hydrogen) atoms. The van der Waals surface area contributed by atoms with E-state index in [1.807, 2.05) is 0 Å². The maximum Gasteiger partial charge on any atom is 0.176 e. The van der Waals surface area contributed by atoms with Crippen LogP contribution in [-0.4, -0.2) is 22.6 Å². The molecule has 9 rings (SSSR count). The van der Waals surface area contributed by atoms with Gasteiger partial charge in [-0.15, -0.1) is 9.36 Å². The van der Waals surface area contributed by atoms with Crippen molar-refractivity contribution in [1.29, 1.82) is 0 Å². The number of aryl methyl sites for hydroxylation is 1. The summed E-state index contributed by atoms with van der Waals surface area (Å²) < 4.78 is 11.6. The van der Waals surface area contributed by atoms with Crippen LogP contribution in [0.5, 0.6) is 0 Å². The smallest absolute Gasteiger partial charge is 0.176 e. The third kappa shape index (κ3) is 4.62. The minimum atomic E-state index is 0. The molecule has 2 aromatic carbocycles. The van der Waals surface area contributed by atoms with E-state index in [1.54, 1.807) is 0 Å². The van der Waals surface area contributed by atoms with Crippen LogP contribution in [-0.2, 0) is 30.2 Å². The Morgan fingerprint density at radius 3 is 2.08 bits per heavy atom. The lowest BCUT2D eigenvalue weighted by Crippen LogP contribution is -3.00. The van der Waals surface area contributed by atoms with Gasteiger partial charge in [-0.05, 0) is 113 Å². The van der Waals surface area contributed by atoms with Gasteiger partial charge in [-0.1, -0.05) is 109 Å². The summed E-state index contributed by atoms with van der Waals surface area (Å²) in [6.45, 7) is 20.4. The topological polar surface area (TPSA) is 30.9 Å². The molecule has 270 valence electrons. The molecule has 4 nitrogen and oxygen atoms in total. The molecule has 6 aliphatic rings. The molecule has 5 aliphatic carbocycles. The van der Waals surface area contributed by atoms with Crippen LogP contribution in [0.3, 0.4) is 0 Å². The van der Waals surface area contributed by atoms with Crippen molar-refractivity contribution in [2.75, 3.05) is 6.61 Å². The number of aromatic nitrogens is 3. The quantitative estimate of drug-likeness (QED) is 0.225. The molecule has 0 amide bonds. The zero-order valence-electron chi connectivity index (χ0n) is 32.1. The van der Waals surface area contributed by atoms with Crippen molar-refractivity contribution in [2.24, 2.45) is 57.8 Å². The maximum atomic E-state index is 6.85. The van der Waals surface area contributed by atoms with Gasteiger partial charge in [-0.25, -0.2) is 0 Å². The Morgan fingerprint density at radius 1 is 0.780 bits per heavy atom. The summed E-state index contributed by atoms with van der Waals surface area (Å²) in [4.78, 5) is 0. The van der Waals surface area contributed by atoms with Crippen LogP contribution in [0.15, 0.2) is 60.7 Å². The number of fused-ring (bicyclic) bond motifs is 6. The van der Waals surface area contributed by atoms with Crippen molar-refractivity contribution < 1.29 is 33.4 Å². The molecular formula is C45H62IN3O. The fraction of sp³-hybridized carbons (Fsp3) is 0.689. The summed E-state index contributed by atoms with van der Waals surface area (Å²) in [6, 6.07) is 22.2. The molecular weight excluding hydrogens is 725 g/mol. The van der Waals surface area contributed by atoms with E-state index in [0.717, 1.165) is 37.3 Å². The molecule has 0 spiro atoms. The van der Waals surface area contributed by atoms with Crippen molar-refractivity contribution in [1.82, 2.24) is 9.90 Å². The van der Waals surface area contributed by atoms with Crippen LogP contribution in [0.25, 0.3) is 0 Å². The molecule has 1 saturated heterocycles. The largest absolute Gasteiger partial charge is 1.00 e. The Morgan fingerprint density at radius 2 is 1.42 bits per heavy atom. The van der Waals surface area contributed by atoms with Gasteiger partial charge < -0.3 is 28.7 Å². The lowest BCUT2D eigenvalue weighted by Gasteiger charge is -2.72. The first kappa shape index (κ1) is 35.3. The fourth-order valence-electron chi connectivity index (χ4n) is 14.8. The van der Waals surface area contributed by atoms with Crippen LogP contribution >= 0.6 is 0 Å². The van der Waals surface area contributed by atoms with Crippen LogP contribution in [0.1, 0.15) is 128 Å². The first-order chi connectivity index (χ1) is 23.3. The number of nitrogens with zero attached hydrogens (tertiary/aromatic N) is 3. The van der Waals surface area contributed by atoms with Crippen molar-refractivity contribution in [2.45, 2.75) is 130 Å². The Hall–Kier alpha value is -1.73. The molecule has 2 heterocycles. The zero-order chi connectivity index (χ0) is 34.2. The molecule has 2 bridgehead atoms. The van der Waals surface area contributed by atoms with Crippen LogP contribution in [0, 0.1) is 50.7 Å². The van der Waals surface area contributed by atoms with E-state index in [1.165, 1.54) is 73.9 Å². The molecule has 4 saturated carbocycles. The first-order valence-electron chi connectivity index (χ1n) is 19.9. The monoisotopic (exact) mass is 787 g/mol. The highest BCUT2D eigenvalue weighted by molar-refractivity contribution is 5.33. The molecule has 1 aromatic heterocycles. The molecule has 0 radical (unpaired) electrons. The van der Waals surface area contributed by atoms with E-state index in [0.29, 0.717) is 33.7 Å². The van der Waals surface area contributed by atoms with Gasteiger partial charge in [0.1, 0.15) is 13.6 Å². The van der Waals surface area contributed by atoms with Gasteiger partial charge in [0.15, 0.2) is 11.4 Å². The maximum absolute atomic E-state index is 6.85. The number of hydrogen-bond acceptors (Lipinski definition) is 2. The molecule has 5 fully saturated rings. The summed E-state index contributed by atoms with van der Waals surface area (Å²) in [5.74, 6) is 3.20. The molecule has 0 unspecified atom stereocenters. The van der Waals surface area contributed by atoms with Crippen molar-refractivity contribution in [3.8, 4) is 0 Å². The van der Waals surface area contributed by atoms with Crippen LogP contribution in [0.4, 0.5) is 0 Å². The Kier molecular flexibility index (Phi) is 8.21. The number of halogens is 1. The zero-order valence-corrected chi connectivity index (χ0v) is 34.3. The molecule has 5 heteroatoms. The van der Waals surface area contributed by atoms with E-state index in [2.05, 4.69) is 126 Å². The second kappa shape index (κ2) is 11.6. The van der Waals surface area contributed by atoms with E-state index in [-0.39, 0.29) is 40.7 Å². The van der Waals surface area contributed by atoms with Crippen LogP contribution < -0.4 is 28.7 Å². The lowest BCUT2D eigenvalue weighted by molar-refractivity contribution is -0.766. The molecule has 3 aromatic rings. The van der Waals surface area contributed by atoms with Gasteiger partial charge in [-0.3, -0.25) is 0 Å². The lowest BCUT2D eigenvalue weighted by atomic mass is 9.31. The summed E-state index contributed by atoms with van der Waals surface area (Å²) in [6.07, 6.45) is 12.6. The third-order valence-corrected chi connectivity index (χ3v) is 17.4. The average Bonchev–Trinajstić information content (AvgIpc) is 3.58. The Bertz CT molecular complexity index is 1710. The van der Waals surface area contributed by atoms with Gasteiger partial charge in [0.25, 0.3) is 0 Å². The summed E-state index contributed by atoms with van der Waals surface area (Å²) >= 11 is 0. The molecule has 1 aliphatic heterocycles. The third-order valence-electron chi connectivity index (χ3n) is 17.4. The van der Waals surface area contributed by atoms with Crippen molar-refractivity contribution in [3.05, 3.63) is 83.2 Å². The minimum absolute atomic E-state index is 0. The van der Waals surface area contributed by atoms with Gasteiger partial charge in [0.2, 0.25) is 0 Å². The van der Waals surface area contributed by atoms with Gasteiger partial charge >= 0.3 is 0 Å². The van der Waals surface area contributed by atoms with E-state index < -0.39 is 0 Å². The summed E-state index contributed by atoms with van der Waals surface area (Å²) in [5, 5.41) is 5.37. The summed E-state index contributed by atoms with van der Waals surface area (Å²) in [7, 11) is 2.23. The average molecular weight is 788 g/mol. The first-order valence-corrected chi connectivity index (χ1v) is 19.9. The van der Waals surface area contributed by atoms with E-state index in [4.69, 9.17) is 9.95 Å². The minimum Gasteiger partial charge on any atom is -1.00 e. The highest BCUT2D eigenvalue weighted by Crippen LogP contribution is 2.77. The van der Waals surface area contributed by atoms with Gasteiger partial charge in [-0.2, -0.15) is 0 Å². The highest BCUT2D eigenvalue weighted by atomic mass is 127. The normalized spacial score (nSPS) is 40.5. The number of rotatable bonds is 4. The van der Waals surface area contributed by atoms with Gasteiger partial charge in [0.05, 0.1) is 17.9 Å². The van der Waals surface area contributed by atoms with Crippen molar-refractivity contribution >= 4 is 0 Å². The molecule has 0 N–H and O–H groups in total. The summed E-state index contributed by atoms with van der Waals surface area (Å²) in [5.41, 5.74) is 7.53. The fourth-order valence-corrected chi connectivity index (χ4v) is 14.8. The second-order valence-electron chi connectivity index (χ2n) is 20.0. The van der Waals surface area contributed by atoms with Gasteiger partial charge in [0, 0.05) is 17.8 Å². The highest BCUT2D eigenvalue weighted by Gasteiger charge is 2.73. The predicted octanol–water partition coefficient (Wildman–Crippen LogP) is 6.45. The molecule has 9 atom stereocenters. The Balaban J connectivity index is 0.00000361. The van der Waals surface area contributed by atoms with E-state index in [9.17, 15) is 0 Å². The predicted molar refractivity (Wildman–Crippen MR) is 196 cm³/mol. The SMILES string of the molecule is Cn1n[n+](CC(c2ccccc2)c2ccccc2)c2c1C[C@]1(C)[C@H]3CC[C@@H]4[C@H]5[C@H]6OC[C@@]5(CCC6(C)C)CC[C@@]4(C)[C@]3(C)CC[C@H]1C2(C)C.[I-]. The number of ether oxygens (including phenoxy) is 1. The van der Waals surface area contributed by atoms with E-state index >= 15 is 0 Å². The Labute approximate surface area is 319 Å². The standard InChI is InChI=1S/C45H62N3O.HI/c1-40(2)23-25-45-26-24-43(6)33(37(45)39(40)49-29-45)19-20-36-42(5)27-34-38(41(3,4)35(42)21-22-44(36,43)7)48(46-47(34)8)28-32(30-15-11-9-12-16-30)31-17-13-10-14-18-31;/h9-18,32-33,35-37,39H,19-29H2,1-8H3;1H/q+1;/p-1/t33-,35+,36-,37+,39-,42+,43-,44-,45-;/m1./s1. The number of hydrogen-bond donors (Lipinski definition) is 0. The van der Waals surface area contributed by atoms with Crippen LogP contribution in [0.2, 0.25) is 0 Å². The second-order valence-corrected chi connectivity index (χ2v) is 20.0. The van der Waals surface area contributed by atoms with Crippen molar-refractivity contribution in [3.63, 3.8) is 0 Å².